The van der Waals surface area contributed by atoms with E-state index in [1.165, 1.54) is 128 Å². The Balaban J connectivity index is 2.97. The first kappa shape index (κ1) is 26.3. The van der Waals surface area contributed by atoms with Crippen LogP contribution in [0.15, 0.2) is 0 Å². The first-order valence-electron chi connectivity index (χ1n) is 12.1. The molecule has 0 aliphatic rings. The van der Waals surface area contributed by atoms with Crippen LogP contribution in [-0.4, -0.2) is 10.5 Å². The van der Waals surface area contributed by atoms with Crippen LogP contribution < -0.4 is 0 Å². The Bertz CT molecular complexity index is 242. The van der Waals surface area contributed by atoms with Crippen molar-refractivity contribution in [2.75, 3.05) is 0 Å². The molecule has 0 aliphatic heterocycles. The average Bonchev–Trinajstić information content (AvgIpc) is 2.62. The van der Waals surface area contributed by atoms with E-state index >= 15 is 0 Å². The summed E-state index contributed by atoms with van der Waals surface area (Å²) in [6.07, 6.45) is 30.6. The first-order chi connectivity index (χ1) is 12.8. The van der Waals surface area contributed by atoms with Crippen LogP contribution in [0.5, 0.6) is 0 Å². The normalized spacial score (nSPS) is 12.6. The molecule has 0 spiro atoms. The van der Waals surface area contributed by atoms with Gasteiger partial charge in [0, 0.05) is 0 Å². The van der Waals surface area contributed by atoms with Gasteiger partial charge in [-0.15, -0.1) is 12.6 Å². The summed E-state index contributed by atoms with van der Waals surface area (Å²) in [7, 11) is 0. The van der Waals surface area contributed by atoms with Gasteiger partial charge >= 0.3 is 0 Å². The standard InChI is InChI=1S/C24H50OS/c1-2-3-4-5-6-7-8-9-10-11-12-13-14-15-16-17-18-19-20-21-22-23-24(25)26/h24-26H,2-23H2,1H3. The number of unbranched alkanes of at least 4 members (excludes halogenated alkanes) is 20. The fraction of sp³-hybridized carbons (Fsp3) is 1.00. The fourth-order valence-electron chi connectivity index (χ4n) is 3.76. The van der Waals surface area contributed by atoms with Crippen molar-refractivity contribution in [1.82, 2.24) is 0 Å². The lowest BCUT2D eigenvalue weighted by Crippen LogP contribution is -1.94. The molecule has 1 atom stereocenters. The summed E-state index contributed by atoms with van der Waals surface area (Å²) in [6.45, 7) is 2.29. The molecule has 2 heteroatoms. The molecule has 1 N–H and O–H groups in total. The number of hydrogen-bond acceptors (Lipinski definition) is 2. The van der Waals surface area contributed by atoms with Gasteiger partial charge in [0.1, 0.15) is 0 Å². The highest BCUT2D eigenvalue weighted by Crippen LogP contribution is 2.15. The Morgan fingerprint density at radius 1 is 0.462 bits per heavy atom. The SMILES string of the molecule is CCCCCCCCCCCCCCCCCCCCCCCC(O)S. The third kappa shape index (κ3) is 24.3. The molecule has 0 heterocycles. The highest BCUT2D eigenvalue weighted by atomic mass is 32.1. The van der Waals surface area contributed by atoms with Gasteiger partial charge in [-0.05, 0) is 6.42 Å². The lowest BCUT2D eigenvalue weighted by atomic mass is 10.0. The van der Waals surface area contributed by atoms with E-state index in [2.05, 4.69) is 19.6 Å². The zero-order valence-corrected chi connectivity index (χ0v) is 18.9. The van der Waals surface area contributed by atoms with Gasteiger partial charge in [-0.3, -0.25) is 0 Å². The van der Waals surface area contributed by atoms with Gasteiger partial charge in [-0.25, -0.2) is 0 Å². The summed E-state index contributed by atoms with van der Waals surface area (Å²) < 4.78 is 0. The topological polar surface area (TPSA) is 20.2 Å². The molecule has 0 amide bonds. The summed E-state index contributed by atoms with van der Waals surface area (Å²) >= 11 is 4.00. The second kappa shape index (κ2) is 23.3. The Morgan fingerprint density at radius 3 is 0.923 bits per heavy atom. The van der Waals surface area contributed by atoms with Crippen LogP contribution in [0.2, 0.25) is 0 Å². The highest BCUT2D eigenvalue weighted by Gasteiger charge is 1.97. The number of rotatable bonds is 22. The lowest BCUT2D eigenvalue weighted by molar-refractivity contribution is 0.249. The molecule has 0 aromatic rings. The van der Waals surface area contributed by atoms with Crippen molar-refractivity contribution in [1.29, 1.82) is 0 Å². The van der Waals surface area contributed by atoms with E-state index in [-0.39, 0.29) is 0 Å². The van der Waals surface area contributed by atoms with Crippen molar-refractivity contribution in [3.05, 3.63) is 0 Å². The van der Waals surface area contributed by atoms with E-state index in [0.717, 1.165) is 12.8 Å². The van der Waals surface area contributed by atoms with E-state index in [0.29, 0.717) is 0 Å². The molecule has 0 aromatic heterocycles. The molecule has 0 fully saturated rings. The maximum atomic E-state index is 9.08. The van der Waals surface area contributed by atoms with Crippen molar-refractivity contribution in [3.63, 3.8) is 0 Å². The molecular weight excluding hydrogens is 336 g/mol. The van der Waals surface area contributed by atoms with Crippen LogP contribution in [0.1, 0.15) is 148 Å². The molecule has 0 saturated carbocycles. The van der Waals surface area contributed by atoms with Crippen molar-refractivity contribution >= 4 is 12.6 Å². The van der Waals surface area contributed by atoms with Crippen molar-refractivity contribution in [3.8, 4) is 0 Å². The third-order valence-electron chi connectivity index (χ3n) is 5.57. The zero-order chi connectivity index (χ0) is 19.1. The smallest absolute Gasteiger partial charge is 0.0964 e. The Hall–Kier alpha value is 0.310. The number of aliphatic hydroxyl groups excluding tert-OH is 1. The third-order valence-corrected chi connectivity index (χ3v) is 5.82. The number of hydrogen-bond donors (Lipinski definition) is 2. The molecule has 0 aliphatic carbocycles. The monoisotopic (exact) mass is 386 g/mol. The van der Waals surface area contributed by atoms with E-state index in [1.807, 2.05) is 0 Å². The second-order valence-electron chi connectivity index (χ2n) is 8.34. The van der Waals surface area contributed by atoms with Crippen LogP contribution in [0, 0.1) is 0 Å². The van der Waals surface area contributed by atoms with E-state index in [1.54, 1.807) is 0 Å². The molecule has 1 unspecified atom stereocenters. The van der Waals surface area contributed by atoms with E-state index in [4.69, 9.17) is 5.11 Å². The van der Waals surface area contributed by atoms with Crippen LogP contribution in [0.25, 0.3) is 0 Å². The second-order valence-corrected chi connectivity index (χ2v) is 8.94. The molecule has 0 aromatic carbocycles. The van der Waals surface area contributed by atoms with Gasteiger partial charge in [0.05, 0.1) is 5.44 Å². The van der Waals surface area contributed by atoms with Gasteiger partial charge in [0.15, 0.2) is 0 Å². The van der Waals surface area contributed by atoms with Gasteiger partial charge in [-0.1, -0.05) is 142 Å². The van der Waals surface area contributed by atoms with Crippen LogP contribution in [-0.2, 0) is 0 Å². The van der Waals surface area contributed by atoms with Gasteiger partial charge in [0.2, 0.25) is 0 Å². The predicted molar refractivity (Wildman–Crippen MR) is 122 cm³/mol. The predicted octanol–water partition coefficient (Wildman–Crippen LogP) is 8.84. The van der Waals surface area contributed by atoms with Gasteiger partial charge in [-0.2, -0.15) is 0 Å². The van der Waals surface area contributed by atoms with Crippen LogP contribution >= 0.6 is 12.6 Å². The molecule has 1 nitrogen and oxygen atoms in total. The van der Waals surface area contributed by atoms with Crippen LogP contribution in [0.3, 0.4) is 0 Å². The molecule has 0 rings (SSSR count). The Morgan fingerprint density at radius 2 is 0.692 bits per heavy atom. The van der Waals surface area contributed by atoms with Crippen molar-refractivity contribution in [2.45, 2.75) is 154 Å². The summed E-state index contributed by atoms with van der Waals surface area (Å²) in [6, 6.07) is 0. The number of thiol groups is 1. The molecular formula is C24H50OS. The minimum Gasteiger partial charge on any atom is -0.383 e. The average molecular weight is 387 g/mol. The fourth-order valence-corrected chi connectivity index (χ4v) is 3.94. The molecule has 0 radical (unpaired) electrons. The van der Waals surface area contributed by atoms with Crippen LogP contribution in [0.4, 0.5) is 0 Å². The lowest BCUT2D eigenvalue weighted by Gasteiger charge is -2.04. The Kier molecular flexibility index (Phi) is 23.6. The highest BCUT2D eigenvalue weighted by molar-refractivity contribution is 7.80. The summed E-state index contributed by atoms with van der Waals surface area (Å²) in [5, 5.41) is 9.08. The zero-order valence-electron chi connectivity index (χ0n) is 18.0. The number of aliphatic hydroxyl groups is 1. The van der Waals surface area contributed by atoms with Crippen molar-refractivity contribution in [2.24, 2.45) is 0 Å². The van der Waals surface area contributed by atoms with E-state index in [9.17, 15) is 0 Å². The van der Waals surface area contributed by atoms with Gasteiger partial charge < -0.3 is 5.11 Å². The summed E-state index contributed by atoms with van der Waals surface area (Å²) in [4.78, 5) is 0. The molecule has 26 heavy (non-hydrogen) atoms. The summed E-state index contributed by atoms with van der Waals surface area (Å²) in [5.41, 5.74) is -0.407. The van der Waals surface area contributed by atoms with E-state index < -0.39 is 5.44 Å². The first-order valence-corrected chi connectivity index (χ1v) is 12.6. The molecule has 0 saturated heterocycles. The van der Waals surface area contributed by atoms with Gasteiger partial charge in [0.25, 0.3) is 0 Å². The minimum atomic E-state index is -0.407. The molecule has 158 valence electrons. The quantitative estimate of drug-likeness (QED) is 0.108. The van der Waals surface area contributed by atoms with Crippen molar-refractivity contribution < 1.29 is 5.11 Å². The maximum absolute atomic E-state index is 9.08. The summed E-state index contributed by atoms with van der Waals surface area (Å²) in [5.74, 6) is 0. The molecule has 0 bridgehead atoms. The Labute approximate surface area is 171 Å². The largest absolute Gasteiger partial charge is 0.383 e. The maximum Gasteiger partial charge on any atom is 0.0964 e. The minimum absolute atomic E-state index is 0.407.